The SMILES string of the molecule is Cc1cc(OCCCn2cncn2)ccc1N. The minimum Gasteiger partial charge on any atom is -0.494 e. The maximum atomic E-state index is 5.73. The van der Waals surface area contributed by atoms with Gasteiger partial charge in [0.15, 0.2) is 0 Å². The smallest absolute Gasteiger partial charge is 0.137 e. The highest BCUT2D eigenvalue weighted by Gasteiger charge is 1.98. The number of aryl methyl sites for hydroxylation is 2. The lowest BCUT2D eigenvalue weighted by atomic mass is 10.2. The zero-order chi connectivity index (χ0) is 12.1. The predicted octanol–water partition coefficient (Wildman–Crippen LogP) is 1.64. The minimum absolute atomic E-state index is 0.656. The molecule has 0 saturated heterocycles. The molecule has 0 saturated carbocycles. The summed E-state index contributed by atoms with van der Waals surface area (Å²) in [4.78, 5) is 3.88. The van der Waals surface area contributed by atoms with Gasteiger partial charge in [-0.15, -0.1) is 0 Å². The van der Waals surface area contributed by atoms with Gasteiger partial charge < -0.3 is 10.5 Å². The van der Waals surface area contributed by atoms with Crippen LogP contribution < -0.4 is 10.5 Å². The van der Waals surface area contributed by atoms with Crippen LogP contribution in [0.1, 0.15) is 12.0 Å². The van der Waals surface area contributed by atoms with Crippen LogP contribution in [0.15, 0.2) is 30.9 Å². The van der Waals surface area contributed by atoms with E-state index in [0.29, 0.717) is 6.61 Å². The Morgan fingerprint density at radius 1 is 1.41 bits per heavy atom. The average Bonchev–Trinajstić information content (AvgIpc) is 2.82. The van der Waals surface area contributed by atoms with Crippen LogP contribution in [0, 0.1) is 6.92 Å². The molecule has 0 atom stereocenters. The number of hydrogen-bond acceptors (Lipinski definition) is 4. The largest absolute Gasteiger partial charge is 0.494 e. The Hall–Kier alpha value is -2.04. The first kappa shape index (κ1) is 11.4. The number of nitrogen functional groups attached to an aromatic ring is 1. The third-order valence-corrected chi connectivity index (χ3v) is 2.51. The van der Waals surface area contributed by atoms with E-state index in [9.17, 15) is 0 Å². The van der Waals surface area contributed by atoms with Gasteiger partial charge in [-0.05, 0) is 30.7 Å². The summed E-state index contributed by atoms with van der Waals surface area (Å²) in [6, 6.07) is 5.70. The van der Waals surface area contributed by atoms with Gasteiger partial charge in [-0.3, -0.25) is 4.68 Å². The Morgan fingerprint density at radius 2 is 2.29 bits per heavy atom. The predicted molar refractivity (Wildman–Crippen MR) is 65.7 cm³/mol. The minimum atomic E-state index is 0.656. The lowest BCUT2D eigenvalue weighted by Gasteiger charge is -2.08. The van der Waals surface area contributed by atoms with Crippen LogP contribution in [0.2, 0.25) is 0 Å². The van der Waals surface area contributed by atoms with Crippen molar-refractivity contribution in [3.8, 4) is 5.75 Å². The van der Waals surface area contributed by atoms with E-state index < -0.39 is 0 Å². The van der Waals surface area contributed by atoms with Gasteiger partial charge in [-0.1, -0.05) is 0 Å². The van der Waals surface area contributed by atoms with Gasteiger partial charge in [0.1, 0.15) is 18.4 Å². The molecule has 0 unspecified atom stereocenters. The van der Waals surface area contributed by atoms with Crippen LogP contribution in [0.4, 0.5) is 5.69 Å². The Morgan fingerprint density at radius 3 is 3.00 bits per heavy atom. The molecular weight excluding hydrogens is 216 g/mol. The van der Waals surface area contributed by atoms with Gasteiger partial charge >= 0.3 is 0 Å². The standard InChI is InChI=1S/C12H16N4O/c1-10-7-11(3-4-12(10)13)17-6-2-5-16-9-14-8-15-16/h3-4,7-9H,2,5-6,13H2,1H3. The number of aromatic nitrogens is 3. The van der Waals surface area contributed by atoms with E-state index in [1.165, 1.54) is 6.33 Å². The Balaban J connectivity index is 1.76. The van der Waals surface area contributed by atoms with Crippen molar-refractivity contribution in [2.75, 3.05) is 12.3 Å². The molecule has 0 radical (unpaired) electrons. The molecule has 0 aliphatic carbocycles. The molecule has 90 valence electrons. The van der Waals surface area contributed by atoms with Crippen LogP contribution in [0.3, 0.4) is 0 Å². The number of nitrogens with zero attached hydrogens (tertiary/aromatic N) is 3. The number of ether oxygens (including phenoxy) is 1. The molecule has 2 N–H and O–H groups in total. The molecule has 0 amide bonds. The molecule has 1 heterocycles. The summed E-state index contributed by atoms with van der Waals surface area (Å²) in [6.45, 7) is 3.44. The van der Waals surface area contributed by atoms with E-state index >= 15 is 0 Å². The summed E-state index contributed by atoms with van der Waals surface area (Å²) in [5.74, 6) is 0.857. The van der Waals surface area contributed by atoms with Crippen molar-refractivity contribution in [1.29, 1.82) is 0 Å². The first-order chi connectivity index (χ1) is 8.25. The number of hydrogen-bond donors (Lipinski definition) is 1. The van der Waals surface area contributed by atoms with E-state index in [-0.39, 0.29) is 0 Å². The summed E-state index contributed by atoms with van der Waals surface area (Å²) in [5, 5.41) is 4.02. The van der Waals surface area contributed by atoms with Crippen molar-refractivity contribution in [3.63, 3.8) is 0 Å². The number of anilines is 1. The van der Waals surface area contributed by atoms with Gasteiger partial charge in [-0.25, -0.2) is 4.98 Å². The van der Waals surface area contributed by atoms with E-state index in [0.717, 1.165) is 30.0 Å². The third-order valence-electron chi connectivity index (χ3n) is 2.51. The summed E-state index contributed by atoms with van der Waals surface area (Å²) < 4.78 is 7.41. The van der Waals surface area contributed by atoms with Crippen LogP contribution in [-0.4, -0.2) is 21.4 Å². The average molecular weight is 232 g/mol. The van der Waals surface area contributed by atoms with Gasteiger partial charge in [0.2, 0.25) is 0 Å². The normalized spacial score (nSPS) is 10.4. The Kier molecular flexibility index (Phi) is 3.59. The quantitative estimate of drug-likeness (QED) is 0.628. The number of rotatable bonds is 5. The Bertz CT molecular complexity index is 467. The number of benzene rings is 1. The lowest BCUT2D eigenvalue weighted by Crippen LogP contribution is -2.05. The van der Waals surface area contributed by atoms with E-state index in [2.05, 4.69) is 10.1 Å². The zero-order valence-electron chi connectivity index (χ0n) is 9.84. The first-order valence-electron chi connectivity index (χ1n) is 5.57. The monoisotopic (exact) mass is 232 g/mol. The van der Waals surface area contributed by atoms with Crippen molar-refractivity contribution < 1.29 is 4.74 Å². The topological polar surface area (TPSA) is 66.0 Å². The fourth-order valence-corrected chi connectivity index (χ4v) is 1.50. The summed E-state index contributed by atoms with van der Waals surface area (Å²) in [7, 11) is 0. The maximum absolute atomic E-state index is 5.73. The van der Waals surface area contributed by atoms with Crippen molar-refractivity contribution in [2.24, 2.45) is 0 Å². The van der Waals surface area contributed by atoms with Crippen molar-refractivity contribution in [1.82, 2.24) is 14.8 Å². The molecule has 5 nitrogen and oxygen atoms in total. The van der Waals surface area contributed by atoms with Crippen LogP contribution in [0.5, 0.6) is 5.75 Å². The molecule has 0 spiro atoms. The number of nitrogens with two attached hydrogens (primary N) is 1. The fourth-order valence-electron chi connectivity index (χ4n) is 1.50. The summed E-state index contributed by atoms with van der Waals surface area (Å²) in [6.07, 6.45) is 4.13. The molecule has 0 fully saturated rings. The summed E-state index contributed by atoms with van der Waals surface area (Å²) >= 11 is 0. The van der Waals surface area contributed by atoms with Crippen LogP contribution in [0.25, 0.3) is 0 Å². The van der Waals surface area contributed by atoms with E-state index in [1.54, 1.807) is 11.0 Å². The highest BCUT2D eigenvalue weighted by atomic mass is 16.5. The van der Waals surface area contributed by atoms with E-state index in [4.69, 9.17) is 10.5 Å². The highest BCUT2D eigenvalue weighted by molar-refractivity contribution is 5.49. The molecule has 0 aliphatic heterocycles. The fraction of sp³-hybridized carbons (Fsp3) is 0.333. The van der Waals surface area contributed by atoms with Gasteiger partial charge in [-0.2, -0.15) is 5.10 Å². The highest BCUT2D eigenvalue weighted by Crippen LogP contribution is 2.18. The van der Waals surface area contributed by atoms with Gasteiger partial charge in [0, 0.05) is 18.7 Å². The second kappa shape index (κ2) is 5.34. The second-order valence-corrected chi connectivity index (χ2v) is 3.88. The van der Waals surface area contributed by atoms with Crippen molar-refractivity contribution in [2.45, 2.75) is 19.9 Å². The zero-order valence-corrected chi connectivity index (χ0v) is 9.84. The van der Waals surface area contributed by atoms with Gasteiger partial charge in [0.05, 0.1) is 6.61 Å². The van der Waals surface area contributed by atoms with Crippen LogP contribution in [-0.2, 0) is 6.54 Å². The Labute approximate surface area is 100 Å². The van der Waals surface area contributed by atoms with Gasteiger partial charge in [0.25, 0.3) is 0 Å². The van der Waals surface area contributed by atoms with Crippen LogP contribution >= 0.6 is 0 Å². The molecule has 0 bridgehead atoms. The first-order valence-corrected chi connectivity index (χ1v) is 5.57. The molecular formula is C12H16N4O. The molecule has 17 heavy (non-hydrogen) atoms. The molecule has 2 rings (SSSR count). The molecule has 2 aromatic rings. The molecule has 5 heteroatoms. The van der Waals surface area contributed by atoms with Crippen molar-refractivity contribution in [3.05, 3.63) is 36.4 Å². The summed E-state index contributed by atoms with van der Waals surface area (Å²) in [5.41, 5.74) is 7.57. The molecule has 1 aromatic carbocycles. The van der Waals surface area contributed by atoms with Crippen molar-refractivity contribution >= 4 is 5.69 Å². The molecule has 0 aliphatic rings. The lowest BCUT2D eigenvalue weighted by molar-refractivity contribution is 0.298. The van der Waals surface area contributed by atoms with E-state index in [1.807, 2.05) is 25.1 Å². The molecule has 1 aromatic heterocycles. The second-order valence-electron chi connectivity index (χ2n) is 3.88. The maximum Gasteiger partial charge on any atom is 0.137 e. The third kappa shape index (κ3) is 3.21.